The number of rotatable bonds is 1. The molecule has 1 aliphatic carbocycles. The van der Waals surface area contributed by atoms with Gasteiger partial charge in [-0.05, 0) is 77.9 Å². The van der Waals surface area contributed by atoms with E-state index in [9.17, 15) is 4.79 Å². The second kappa shape index (κ2) is 5.53. The normalized spacial score (nSPS) is 18.0. The van der Waals surface area contributed by atoms with Gasteiger partial charge in [-0.15, -0.1) is 0 Å². The van der Waals surface area contributed by atoms with E-state index in [1.165, 1.54) is 29.7 Å². The van der Waals surface area contributed by atoms with Crippen LogP contribution in [0.25, 0.3) is 11.6 Å². The van der Waals surface area contributed by atoms with Gasteiger partial charge in [-0.25, -0.2) is 0 Å². The Labute approximate surface area is 148 Å². The van der Waals surface area contributed by atoms with Crippen molar-refractivity contribution in [3.8, 4) is 0 Å². The largest absolute Gasteiger partial charge is 0.358 e. The number of benzene rings is 1. The van der Waals surface area contributed by atoms with Crippen LogP contribution in [0.3, 0.4) is 0 Å². The van der Waals surface area contributed by atoms with Crippen LogP contribution in [0.5, 0.6) is 0 Å². The summed E-state index contributed by atoms with van der Waals surface area (Å²) in [4.78, 5) is 15.9. The van der Waals surface area contributed by atoms with Crippen molar-refractivity contribution in [2.24, 2.45) is 0 Å². The number of carbonyl (C=O) groups is 1. The van der Waals surface area contributed by atoms with Gasteiger partial charge < -0.3 is 10.3 Å². The molecule has 0 atom stereocenters. The molecule has 1 aliphatic heterocycles. The third-order valence-electron chi connectivity index (χ3n) is 4.73. The molecule has 1 amide bonds. The summed E-state index contributed by atoms with van der Waals surface area (Å²) in [7, 11) is 0. The van der Waals surface area contributed by atoms with Gasteiger partial charge in [0.2, 0.25) is 0 Å². The molecule has 23 heavy (non-hydrogen) atoms. The molecule has 5 heteroatoms. The highest BCUT2D eigenvalue weighted by Gasteiger charge is 2.27. The Hall–Kier alpha value is -1.52. The molecule has 1 aromatic carbocycles. The van der Waals surface area contributed by atoms with Crippen molar-refractivity contribution in [2.75, 3.05) is 5.32 Å². The number of aromatic amines is 1. The van der Waals surface area contributed by atoms with E-state index in [1.807, 2.05) is 12.1 Å². The van der Waals surface area contributed by atoms with Crippen LogP contribution in [-0.2, 0) is 17.6 Å². The van der Waals surface area contributed by atoms with E-state index in [0.717, 1.165) is 34.3 Å². The minimum atomic E-state index is -0.0880. The smallest absolute Gasteiger partial charge is 0.256 e. The topological polar surface area (TPSA) is 44.9 Å². The van der Waals surface area contributed by atoms with Crippen molar-refractivity contribution in [3.05, 3.63) is 49.7 Å². The lowest BCUT2D eigenvalue weighted by molar-refractivity contribution is -0.110. The number of hydrogen-bond donors (Lipinski definition) is 2. The fourth-order valence-corrected chi connectivity index (χ4v) is 4.43. The molecule has 0 fully saturated rings. The standard InChI is InChI=1S/C18H16BrClN2O/c1-9-11-4-2-3-5-15(11)21-16(9)8-13-12-6-10(20)7-14(19)17(12)22-18(13)23/h6-8,21H,2-5H2,1H3,(H,22,23). The fraction of sp³-hybridized carbons (Fsp3) is 0.278. The number of hydrogen-bond acceptors (Lipinski definition) is 1. The molecule has 3 nitrogen and oxygen atoms in total. The first-order valence-corrected chi connectivity index (χ1v) is 8.94. The van der Waals surface area contributed by atoms with Crippen LogP contribution < -0.4 is 5.32 Å². The predicted octanol–water partition coefficient (Wildman–Crippen LogP) is 5.11. The van der Waals surface area contributed by atoms with Crippen LogP contribution in [0.1, 0.15) is 40.9 Å². The minimum absolute atomic E-state index is 0.0880. The molecule has 0 radical (unpaired) electrons. The van der Waals surface area contributed by atoms with E-state index in [2.05, 4.69) is 33.2 Å². The maximum Gasteiger partial charge on any atom is 0.256 e. The molecule has 2 aliphatic rings. The zero-order valence-corrected chi connectivity index (χ0v) is 15.1. The van der Waals surface area contributed by atoms with Crippen molar-refractivity contribution in [1.29, 1.82) is 0 Å². The van der Waals surface area contributed by atoms with Gasteiger partial charge in [-0.1, -0.05) is 11.6 Å². The summed E-state index contributed by atoms with van der Waals surface area (Å²) in [5.41, 5.74) is 7.34. The lowest BCUT2D eigenvalue weighted by Gasteiger charge is -2.10. The Morgan fingerprint density at radius 3 is 2.83 bits per heavy atom. The summed E-state index contributed by atoms with van der Waals surface area (Å²) >= 11 is 9.62. The van der Waals surface area contributed by atoms with E-state index >= 15 is 0 Å². The monoisotopic (exact) mass is 390 g/mol. The van der Waals surface area contributed by atoms with Gasteiger partial charge in [0, 0.05) is 26.4 Å². The summed E-state index contributed by atoms with van der Waals surface area (Å²) in [6.45, 7) is 2.13. The summed E-state index contributed by atoms with van der Waals surface area (Å²) in [6.07, 6.45) is 6.65. The zero-order chi connectivity index (χ0) is 16.1. The lowest BCUT2D eigenvalue weighted by atomic mass is 9.95. The van der Waals surface area contributed by atoms with Gasteiger partial charge in [-0.3, -0.25) is 4.79 Å². The SMILES string of the molecule is Cc1c(C=C2C(=O)Nc3c(Br)cc(Cl)cc32)[nH]c2c1CCCC2. The Morgan fingerprint density at radius 2 is 2.04 bits per heavy atom. The Kier molecular flexibility index (Phi) is 3.62. The van der Waals surface area contributed by atoms with Gasteiger partial charge >= 0.3 is 0 Å². The third kappa shape index (κ3) is 2.45. The molecular formula is C18H16BrClN2O. The van der Waals surface area contributed by atoms with Crippen molar-refractivity contribution < 1.29 is 4.79 Å². The second-order valence-electron chi connectivity index (χ2n) is 6.15. The highest BCUT2D eigenvalue weighted by Crippen LogP contribution is 2.41. The maximum atomic E-state index is 12.4. The maximum absolute atomic E-state index is 12.4. The molecule has 2 aromatic rings. The molecule has 2 N–H and O–H groups in total. The molecule has 4 rings (SSSR count). The zero-order valence-electron chi connectivity index (χ0n) is 12.7. The molecule has 1 aromatic heterocycles. The highest BCUT2D eigenvalue weighted by molar-refractivity contribution is 9.10. The third-order valence-corrected chi connectivity index (χ3v) is 5.57. The number of carbonyl (C=O) groups excluding carboxylic acids is 1. The fourth-order valence-electron chi connectivity index (χ4n) is 3.52. The van der Waals surface area contributed by atoms with Crippen molar-refractivity contribution in [2.45, 2.75) is 32.6 Å². The average molecular weight is 392 g/mol. The van der Waals surface area contributed by atoms with Crippen LogP contribution in [0.15, 0.2) is 16.6 Å². The first-order valence-electron chi connectivity index (χ1n) is 7.77. The number of anilines is 1. The van der Waals surface area contributed by atoms with E-state index in [1.54, 1.807) is 6.07 Å². The Bertz CT molecular complexity index is 866. The molecular weight excluding hydrogens is 376 g/mol. The van der Waals surface area contributed by atoms with Gasteiger partial charge in [0.25, 0.3) is 5.91 Å². The summed E-state index contributed by atoms with van der Waals surface area (Å²) in [5.74, 6) is -0.0880. The van der Waals surface area contributed by atoms with Crippen molar-refractivity contribution in [3.63, 3.8) is 0 Å². The van der Waals surface area contributed by atoms with Crippen LogP contribution in [0.4, 0.5) is 5.69 Å². The van der Waals surface area contributed by atoms with Gasteiger partial charge in [0.05, 0.1) is 11.3 Å². The first-order chi connectivity index (χ1) is 11.0. The molecule has 2 heterocycles. The molecule has 0 spiro atoms. The van der Waals surface area contributed by atoms with Crippen molar-refractivity contribution >= 4 is 50.8 Å². The summed E-state index contributed by atoms with van der Waals surface area (Å²) in [6, 6.07) is 3.63. The van der Waals surface area contributed by atoms with Gasteiger partial charge in [0.15, 0.2) is 0 Å². The van der Waals surface area contributed by atoms with Crippen LogP contribution in [0, 0.1) is 6.92 Å². The van der Waals surface area contributed by atoms with E-state index in [-0.39, 0.29) is 5.91 Å². The Morgan fingerprint density at radius 1 is 1.26 bits per heavy atom. The van der Waals surface area contributed by atoms with Gasteiger partial charge in [-0.2, -0.15) is 0 Å². The minimum Gasteiger partial charge on any atom is -0.358 e. The second-order valence-corrected chi connectivity index (χ2v) is 7.44. The molecule has 0 unspecified atom stereocenters. The Balaban J connectivity index is 1.85. The number of aryl methyl sites for hydroxylation is 1. The molecule has 118 valence electrons. The van der Waals surface area contributed by atoms with Crippen LogP contribution in [-0.4, -0.2) is 10.9 Å². The lowest BCUT2D eigenvalue weighted by Crippen LogP contribution is -2.04. The summed E-state index contributed by atoms with van der Waals surface area (Å²) < 4.78 is 0.805. The number of amides is 1. The first kappa shape index (κ1) is 15.0. The molecule has 0 saturated carbocycles. The predicted molar refractivity (Wildman–Crippen MR) is 97.8 cm³/mol. The van der Waals surface area contributed by atoms with E-state index in [0.29, 0.717) is 10.6 Å². The highest BCUT2D eigenvalue weighted by atomic mass is 79.9. The van der Waals surface area contributed by atoms with Gasteiger partial charge in [0.1, 0.15) is 0 Å². The number of halogens is 2. The number of aromatic nitrogens is 1. The van der Waals surface area contributed by atoms with Crippen molar-refractivity contribution in [1.82, 2.24) is 4.98 Å². The van der Waals surface area contributed by atoms with E-state index in [4.69, 9.17) is 11.6 Å². The molecule has 0 bridgehead atoms. The summed E-state index contributed by atoms with van der Waals surface area (Å²) in [5, 5.41) is 3.53. The van der Waals surface area contributed by atoms with E-state index < -0.39 is 0 Å². The van der Waals surface area contributed by atoms with Crippen LogP contribution >= 0.6 is 27.5 Å². The number of nitrogens with one attached hydrogen (secondary N) is 2. The number of H-pyrrole nitrogens is 1. The van der Waals surface area contributed by atoms with Crippen LogP contribution in [0.2, 0.25) is 5.02 Å². The average Bonchev–Trinajstić information content (AvgIpc) is 3.00. The number of fused-ring (bicyclic) bond motifs is 2. The molecule has 0 saturated heterocycles. The quantitative estimate of drug-likeness (QED) is 0.652.